The second-order valence-electron chi connectivity index (χ2n) is 5.68. The van der Waals surface area contributed by atoms with E-state index in [1.54, 1.807) is 6.20 Å². The smallest absolute Gasteiger partial charge is 0.224 e. The topological polar surface area (TPSA) is 94.0 Å². The second kappa shape index (κ2) is 5.00. The number of benzene rings is 1. The minimum Gasteiger partial charge on any atom is -0.398 e. The fourth-order valence-electron chi connectivity index (χ4n) is 1.92. The molecule has 5 heteroatoms. The quantitative estimate of drug-likeness (QED) is 0.742. The Kier molecular flexibility index (Phi) is 3.53. The Morgan fingerprint density at radius 1 is 1.35 bits per heavy atom. The predicted molar refractivity (Wildman–Crippen MR) is 82.4 cm³/mol. The maximum absolute atomic E-state index is 11.4. The van der Waals surface area contributed by atoms with Crippen LogP contribution in [0.25, 0.3) is 10.8 Å². The largest absolute Gasteiger partial charge is 0.398 e. The van der Waals surface area contributed by atoms with Gasteiger partial charge in [0.2, 0.25) is 5.91 Å². The first-order valence-corrected chi connectivity index (χ1v) is 6.50. The minimum absolute atomic E-state index is 0.331. The summed E-state index contributed by atoms with van der Waals surface area (Å²) in [4.78, 5) is 15.6. The fraction of sp³-hybridized carbons (Fsp3) is 0.333. The maximum Gasteiger partial charge on any atom is 0.224 e. The molecule has 5 nitrogen and oxygen atoms in total. The first-order chi connectivity index (χ1) is 9.31. The standard InChI is InChI=1S/C15H20N4O/c1-9-6-10-11(7-18-9)12(16)4-5-13(10)19-8-15(2,3)14(17)20/h4-7,19H,8,16H2,1-3H3,(H2,17,20). The highest BCUT2D eigenvalue weighted by Gasteiger charge is 2.24. The Bertz CT molecular complexity index is 664. The van der Waals surface area contributed by atoms with Gasteiger partial charge in [0.1, 0.15) is 0 Å². The van der Waals surface area contributed by atoms with Gasteiger partial charge >= 0.3 is 0 Å². The number of nitrogen functional groups attached to an aromatic ring is 1. The van der Waals surface area contributed by atoms with Crippen LogP contribution in [0.2, 0.25) is 0 Å². The van der Waals surface area contributed by atoms with Crippen LogP contribution in [-0.2, 0) is 4.79 Å². The van der Waals surface area contributed by atoms with Crippen molar-refractivity contribution in [3.05, 3.63) is 30.1 Å². The van der Waals surface area contributed by atoms with Crippen LogP contribution in [0, 0.1) is 12.3 Å². The molecular weight excluding hydrogens is 252 g/mol. The molecule has 0 fully saturated rings. The summed E-state index contributed by atoms with van der Waals surface area (Å²) in [5.41, 5.74) is 13.3. The Balaban J connectivity index is 2.38. The van der Waals surface area contributed by atoms with Crippen LogP contribution in [0.5, 0.6) is 0 Å². The van der Waals surface area contributed by atoms with Gasteiger partial charge in [0.25, 0.3) is 0 Å². The fourth-order valence-corrected chi connectivity index (χ4v) is 1.92. The van der Waals surface area contributed by atoms with Gasteiger partial charge in [0.15, 0.2) is 0 Å². The number of rotatable bonds is 4. The molecule has 20 heavy (non-hydrogen) atoms. The Morgan fingerprint density at radius 3 is 2.70 bits per heavy atom. The number of pyridine rings is 1. The first kappa shape index (κ1) is 14.1. The molecular formula is C15H20N4O. The molecule has 0 atom stereocenters. The van der Waals surface area contributed by atoms with Crippen LogP contribution in [0.15, 0.2) is 24.4 Å². The van der Waals surface area contributed by atoms with Crippen LogP contribution in [0.1, 0.15) is 19.5 Å². The number of aromatic nitrogens is 1. The number of amides is 1. The summed E-state index contributed by atoms with van der Waals surface area (Å²) in [7, 11) is 0. The molecule has 0 saturated carbocycles. The zero-order valence-electron chi connectivity index (χ0n) is 12.0. The van der Waals surface area contributed by atoms with Gasteiger partial charge in [-0.05, 0) is 39.0 Å². The lowest BCUT2D eigenvalue weighted by Crippen LogP contribution is -2.37. The molecule has 0 radical (unpaired) electrons. The Hall–Kier alpha value is -2.30. The first-order valence-electron chi connectivity index (χ1n) is 6.50. The molecule has 0 spiro atoms. The van der Waals surface area contributed by atoms with Gasteiger partial charge in [-0.1, -0.05) is 0 Å². The molecule has 2 rings (SSSR count). The van der Waals surface area contributed by atoms with E-state index in [1.807, 2.05) is 39.0 Å². The molecule has 0 bridgehead atoms. The SMILES string of the molecule is Cc1cc2c(NCC(C)(C)C(N)=O)ccc(N)c2cn1. The molecule has 1 heterocycles. The summed E-state index contributed by atoms with van der Waals surface area (Å²) in [6, 6.07) is 5.72. The van der Waals surface area contributed by atoms with E-state index in [-0.39, 0.29) is 5.91 Å². The van der Waals surface area contributed by atoms with Crippen molar-refractivity contribution in [3.8, 4) is 0 Å². The number of primary amides is 1. The third-order valence-electron chi connectivity index (χ3n) is 3.46. The van der Waals surface area contributed by atoms with Crippen molar-refractivity contribution in [2.24, 2.45) is 11.1 Å². The molecule has 0 aliphatic rings. The van der Waals surface area contributed by atoms with E-state index in [2.05, 4.69) is 10.3 Å². The molecule has 0 saturated heterocycles. The summed E-state index contributed by atoms with van der Waals surface area (Å²) in [5.74, 6) is -0.331. The lowest BCUT2D eigenvalue weighted by molar-refractivity contribution is -0.125. The van der Waals surface area contributed by atoms with Gasteiger partial charge < -0.3 is 16.8 Å². The number of hydrogen-bond donors (Lipinski definition) is 3. The number of nitrogens with two attached hydrogens (primary N) is 2. The zero-order valence-corrected chi connectivity index (χ0v) is 12.0. The highest BCUT2D eigenvalue weighted by molar-refractivity contribution is 6.00. The van der Waals surface area contributed by atoms with Crippen molar-refractivity contribution in [2.45, 2.75) is 20.8 Å². The highest BCUT2D eigenvalue weighted by Crippen LogP contribution is 2.29. The molecule has 2 aromatic rings. The maximum atomic E-state index is 11.4. The number of anilines is 2. The molecule has 1 aromatic heterocycles. The van der Waals surface area contributed by atoms with Crippen molar-refractivity contribution in [2.75, 3.05) is 17.6 Å². The highest BCUT2D eigenvalue weighted by atomic mass is 16.1. The average Bonchev–Trinajstić information content (AvgIpc) is 2.37. The van der Waals surface area contributed by atoms with Gasteiger partial charge in [0, 0.05) is 40.6 Å². The molecule has 0 aliphatic heterocycles. The van der Waals surface area contributed by atoms with Gasteiger partial charge in [-0.25, -0.2) is 0 Å². The Morgan fingerprint density at radius 2 is 2.05 bits per heavy atom. The summed E-state index contributed by atoms with van der Waals surface area (Å²) in [5, 5.41) is 5.18. The van der Waals surface area contributed by atoms with Crippen LogP contribution >= 0.6 is 0 Å². The lowest BCUT2D eigenvalue weighted by Gasteiger charge is -2.22. The van der Waals surface area contributed by atoms with E-state index < -0.39 is 5.41 Å². The van der Waals surface area contributed by atoms with Crippen molar-refractivity contribution in [1.29, 1.82) is 0 Å². The lowest BCUT2D eigenvalue weighted by atomic mass is 9.92. The molecule has 0 aliphatic carbocycles. The molecule has 106 valence electrons. The number of aryl methyl sites for hydroxylation is 1. The number of carbonyl (C=O) groups is 1. The Labute approximate surface area is 118 Å². The summed E-state index contributed by atoms with van der Waals surface area (Å²) in [6.45, 7) is 6.02. The van der Waals surface area contributed by atoms with Crippen molar-refractivity contribution >= 4 is 28.1 Å². The van der Waals surface area contributed by atoms with E-state index in [0.29, 0.717) is 12.2 Å². The summed E-state index contributed by atoms with van der Waals surface area (Å²) in [6.07, 6.45) is 1.77. The predicted octanol–water partition coefficient (Wildman–Crippen LogP) is 2.05. The number of hydrogen-bond acceptors (Lipinski definition) is 4. The summed E-state index contributed by atoms with van der Waals surface area (Å²) < 4.78 is 0. The molecule has 0 unspecified atom stereocenters. The van der Waals surface area contributed by atoms with E-state index >= 15 is 0 Å². The number of nitrogens with zero attached hydrogens (tertiary/aromatic N) is 1. The van der Waals surface area contributed by atoms with Gasteiger partial charge in [-0.15, -0.1) is 0 Å². The van der Waals surface area contributed by atoms with Crippen LogP contribution in [0.4, 0.5) is 11.4 Å². The van der Waals surface area contributed by atoms with Crippen LogP contribution < -0.4 is 16.8 Å². The van der Waals surface area contributed by atoms with Crippen LogP contribution in [0.3, 0.4) is 0 Å². The average molecular weight is 272 g/mol. The van der Waals surface area contributed by atoms with E-state index in [1.165, 1.54) is 0 Å². The van der Waals surface area contributed by atoms with E-state index in [0.717, 1.165) is 22.2 Å². The minimum atomic E-state index is -0.615. The van der Waals surface area contributed by atoms with E-state index in [9.17, 15) is 4.79 Å². The van der Waals surface area contributed by atoms with Crippen molar-refractivity contribution in [1.82, 2.24) is 4.98 Å². The van der Waals surface area contributed by atoms with Crippen molar-refractivity contribution in [3.63, 3.8) is 0 Å². The normalized spacial score (nSPS) is 11.6. The molecule has 1 amide bonds. The van der Waals surface area contributed by atoms with Crippen molar-refractivity contribution < 1.29 is 4.79 Å². The zero-order chi connectivity index (χ0) is 14.9. The van der Waals surface area contributed by atoms with Gasteiger partial charge in [0.05, 0.1) is 5.41 Å². The third kappa shape index (κ3) is 2.66. The van der Waals surface area contributed by atoms with Gasteiger partial charge in [-0.3, -0.25) is 9.78 Å². The summed E-state index contributed by atoms with van der Waals surface area (Å²) >= 11 is 0. The number of fused-ring (bicyclic) bond motifs is 1. The second-order valence-corrected chi connectivity index (χ2v) is 5.68. The molecule has 1 aromatic carbocycles. The number of nitrogens with one attached hydrogen (secondary N) is 1. The number of carbonyl (C=O) groups excluding carboxylic acids is 1. The van der Waals surface area contributed by atoms with E-state index in [4.69, 9.17) is 11.5 Å². The molecule has 5 N–H and O–H groups in total. The monoisotopic (exact) mass is 272 g/mol. The van der Waals surface area contributed by atoms with Crippen LogP contribution in [-0.4, -0.2) is 17.4 Å². The third-order valence-corrected chi connectivity index (χ3v) is 3.46. The van der Waals surface area contributed by atoms with Gasteiger partial charge in [-0.2, -0.15) is 0 Å².